The lowest BCUT2D eigenvalue weighted by Gasteiger charge is -2.17. The summed E-state index contributed by atoms with van der Waals surface area (Å²) in [5, 5.41) is 0. The van der Waals surface area contributed by atoms with Gasteiger partial charge in [0.05, 0.1) is 7.11 Å². The van der Waals surface area contributed by atoms with Crippen molar-refractivity contribution in [1.82, 2.24) is 0 Å². The highest BCUT2D eigenvalue weighted by Gasteiger charge is 2.35. The molecule has 1 rings (SSSR count). The first-order valence-corrected chi connectivity index (χ1v) is 4.22. The van der Waals surface area contributed by atoms with Crippen molar-refractivity contribution in [2.45, 2.75) is 12.6 Å². The zero-order valence-corrected chi connectivity index (χ0v) is 8.38. The summed E-state index contributed by atoms with van der Waals surface area (Å²) in [5.41, 5.74) is 1.92. The zero-order valence-electron chi connectivity index (χ0n) is 8.38. The average Bonchev–Trinajstić information content (AvgIpc) is 2.16. The molecule has 1 atom stereocenters. The second-order valence-electron chi connectivity index (χ2n) is 3.21. The molecular weight excluding hydrogens is 204 g/mol. The molecule has 0 spiro atoms. The summed E-state index contributed by atoms with van der Waals surface area (Å²) in [6, 6.07) is 3.49. The van der Waals surface area contributed by atoms with Gasteiger partial charge in [-0.15, -0.1) is 0 Å². The summed E-state index contributed by atoms with van der Waals surface area (Å²) in [6.07, 6.45) is 0. The van der Waals surface area contributed by atoms with E-state index in [4.69, 9.17) is 10.5 Å². The number of hydrogen-bond donors (Lipinski definition) is 1. The van der Waals surface area contributed by atoms with E-state index >= 15 is 0 Å². The molecule has 0 aliphatic rings. The van der Waals surface area contributed by atoms with E-state index in [2.05, 4.69) is 0 Å². The summed E-state index contributed by atoms with van der Waals surface area (Å²) in [4.78, 5) is 10.8. The molecule has 0 fully saturated rings. The lowest BCUT2D eigenvalue weighted by molar-refractivity contribution is -0.129. The fraction of sp³-hybridized carbons (Fsp3) is 0.300. The molecule has 0 radical (unpaired) electrons. The van der Waals surface area contributed by atoms with Gasteiger partial charge in [0.25, 0.3) is 5.91 Å². The Morgan fingerprint density at radius 2 is 2.13 bits per heavy atom. The van der Waals surface area contributed by atoms with Gasteiger partial charge >= 0.3 is 0 Å². The molecule has 3 nitrogen and oxygen atoms in total. The topological polar surface area (TPSA) is 52.3 Å². The minimum atomic E-state index is -2.52. The van der Waals surface area contributed by atoms with E-state index in [1.807, 2.05) is 0 Å². The highest BCUT2D eigenvalue weighted by atomic mass is 19.1. The van der Waals surface area contributed by atoms with Crippen LogP contribution in [0.5, 0.6) is 5.75 Å². The Balaban J connectivity index is 3.22. The first kappa shape index (κ1) is 11.4. The van der Waals surface area contributed by atoms with Gasteiger partial charge in [-0.2, -0.15) is 0 Å². The van der Waals surface area contributed by atoms with Gasteiger partial charge in [-0.1, -0.05) is 0 Å². The number of carbonyl (C=O) groups excluding carboxylic acids is 1. The highest BCUT2D eigenvalue weighted by molar-refractivity contribution is 5.84. The maximum atomic E-state index is 13.7. The van der Waals surface area contributed by atoms with Crippen LogP contribution < -0.4 is 10.5 Å². The van der Waals surface area contributed by atoms with E-state index in [0.717, 1.165) is 19.1 Å². The Hall–Kier alpha value is -1.65. The van der Waals surface area contributed by atoms with Crippen LogP contribution in [0.15, 0.2) is 18.2 Å². The number of methoxy groups -OCH3 is 1. The summed E-state index contributed by atoms with van der Waals surface area (Å²) >= 11 is 0. The predicted molar refractivity (Wildman–Crippen MR) is 50.6 cm³/mol. The van der Waals surface area contributed by atoms with Gasteiger partial charge < -0.3 is 10.5 Å². The number of nitrogens with two attached hydrogens (primary N) is 1. The largest absolute Gasteiger partial charge is 0.497 e. The van der Waals surface area contributed by atoms with Gasteiger partial charge in [0, 0.05) is 11.6 Å². The van der Waals surface area contributed by atoms with Crippen LogP contribution in [-0.2, 0) is 10.5 Å². The number of halogens is 2. The van der Waals surface area contributed by atoms with Crippen molar-refractivity contribution in [2.75, 3.05) is 7.11 Å². The molecule has 5 heteroatoms. The number of alkyl halides is 1. The Bertz CT molecular complexity index is 391. The molecule has 0 aliphatic heterocycles. The molecule has 0 heterocycles. The lowest BCUT2D eigenvalue weighted by Crippen LogP contribution is -2.35. The van der Waals surface area contributed by atoms with Crippen LogP contribution in [-0.4, -0.2) is 13.0 Å². The standard InChI is InChI=1S/C10H11F2NO2/c1-10(12,9(13)14)7-4-3-6(15-2)5-8(7)11/h3-5H,1-2H3,(H2,13,14). The number of ether oxygens (including phenoxy) is 1. The van der Waals surface area contributed by atoms with Crippen molar-refractivity contribution < 1.29 is 18.3 Å². The Labute approximate surface area is 85.8 Å². The van der Waals surface area contributed by atoms with Crippen LogP contribution in [0.1, 0.15) is 12.5 Å². The van der Waals surface area contributed by atoms with E-state index in [1.165, 1.54) is 13.2 Å². The third kappa shape index (κ3) is 2.06. The molecule has 0 saturated heterocycles. The molecule has 0 bridgehead atoms. The molecule has 82 valence electrons. The highest BCUT2D eigenvalue weighted by Crippen LogP contribution is 2.29. The molecular formula is C10H11F2NO2. The van der Waals surface area contributed by atoms with E-state index in [9.17, 15) is 13.6 Å². The molecule has 0 aliphatic carbocycles. The minimum Gasteiger partial charge on any atom is -0.497 e. The first-order chi connectivity index (χ1) is 6.89. The molecule has 1 aromatic carbocycles. The van der Waals surface area contributed by atoms with Gasteiger partial charge in [0.15, 0.2) is 0 Å². The number of benzene rings is 1. The molecule has 1 aromatic rings. The van der Waals surface area contributed by atoms with Crippen molar-refractivity contribution in [3.05, 3.63) is 29.6 Å². The quantitative estimate of drug-likeness (QED) is 0.830. The van der Waals surface area contributed by atoms with Crippen LogP contribution >= 0.6 is 0 Å². The smallest absolute Gasteiger partial charge is 0.259 e. The van der Waals surface area contributed by atoms with E-state index in [1.54, 1.807) is 0 Å². The second kappa shape index (κ2) is 3.84. The maximum Gasteiger partial charge on any atom is 0.259 e. The first-order valence-electron chi connectivity index (χ1n) is 4.22. The van der Waals surface area contributed by atoms with Crippen molar-refractivity contribution in [3.8, 4) is 5.75 Å². The molecule has 0 aromatic heterocycles. The zero-order chi connectivity index (χ0) is 11.6. The molecule has 15 heavy (non-hydrogen) atoms. The monoisotopic (exact) mass is 215 g/mol. The maximum absolute atomic E-state index is 13.7. The van der Waals surface area contributed by atoms with E-state index < -0.39 is 23.0 Å². The van der Waals surface area contributed by atoms with Crippen molar-refractivity contribution in [1.29, 1.82) is 0 Å². The van der Waals surface area contributed by atoms with Crippen LogP contribution in [0.3, 0.4) is 0 Å². The van der Waals surface area contributed by atoms with Crippen LogP contribution in [0.4, 0.5) is 8.78 Å². The van der Waals surface area contributed by atoms with E-state index in [-0.39, 0.29) is 5.75 Å². The van der Waals surface area contributed by atoms with Gasteiger partial charge in [-0.25, -0.2) is 8.78 Å². The van der Waals surface area contributed by atoms with Gasteiger partial charge in [-0.3, -0.25) is 4.79 Å². The summed E-state index contributed by atoms with van der Waals surface area (Å²) < 4.78 is 31.8. The third-order valence-corrected chi connectivity index (χ3v) is 2.14. The summed E-state index contributed by atoms with van der Waals surface area (Å²) in [6.45, 7) is 0.917. The predicted octanol–water partition coefficient (Wildman–Crippen LogP) is 1.50. The number of primary amides is 1. The number of amides is 1. The van der Waals surface area contributed by atoms with Crippen LogP contribution in [0.2, 0.25) is 0 Å². The Morgan fingerprint density at radius 3 is 2.53 bits per heavy atom. The van der Waals surface area contributed by atoms with Gasteiger partial charge in [0.2, 0.25) is 5.67 Å². The molecule has 2 N–H and O–H groups in total. The van der Waals surface area contributed by atoms with Crippen molar-refractivity contribution in [3.63, 3.8) is 0 Å². The Kier molecular flexibility index (Phi) is 2.93. The summed E-state index contributed by atoms with van der Waals surface area (Å²) in [7, 11) is 1.36. The Morgan fingerprint density at radius 1 is 1.53 bits per heavy atom. The molecule has 0 saturated carbocycles. The molecule has 1 unspecified atom stereocenters. The second-order valence-corrected chi connectivity index (χ2v) is 3.21. The lowest BCUT2D eigenvalue weighted by atomic mass is 9.96. The van der Waals surface area contributed by atoms with Crippen molar-refractivity contribution >= 4 is 5.91 Å². The van der Waals surface area contributed by atoms with E-state index in [0.29, 0.717) is 0 Å². The molecule has 1 amide bonds. The fourth-order valence-electron chi connectivity index (χ4n) is 1.14. The number of hydrogen-bond acceptors (Lipinski definition) is 2. The normalized spacial score (nSPS) is 14.4. The van der Waals surface area contributed by atoms with Gasteiger partial charge in [0.1, 0.15) is 11.6 Å². The van der Waals surface area contributed by atoms with Crippen LogP contribution in [0.25, 0.3) is 0 Å². The SMILES string of the molecule is COc1ccc(C(C)(F)C(N)=O)c(F)c1. The number of rotatable bonds is 3. The fourth-order valence-corrected chi connectivity index (χ4v) is 1.14. The average molecular weight is 215 g/mol. The number of carbonyl (C=O) groups is 1. The van der Waals surface area contributed by atoms with Crippen molar-refractivity contribution in [2.24, 2.45) is 5.73 Å². The van der Waals surface area contributed by atoms with Crippen LogP contribution in [0, 0.1) is 5.82 Å². The summed E-state index contributed by atoms with van der Waals surface area (Å²) in [5.74, 6) is -1.85. The minimum absolute atomic E-state index is 0.247. The third-order valence-electron chi connectivity index (χ3n) is 2.14. The van der Waals surface area contributed by atoms with Gasteiger partial charge in [-0.05, 0) is 19.1 Å².